The lowest BCUT2D eigenvalue weighted by Gasteiger charge is -2.26. The van der Waals surface area contributed by atoms with Crippen LogP contribution in [0.5, 0.6) is 0 Å². The number of ether oxygens (including phenoxy) is 1. The van der Waals surface area contributed by atoms with Gasteiger partial charge in [-0.1, -0.05) is 42.0 Å². The molecule has 3 aromatic rings. The van der Waals surface area contributed by atoms with Crippen LogP contribution in [-0.4, -0.2) is 28.0 Å². The normalized spacial score (nSPS) is 11.2. The van der Waals surface area contributed by atoms with Gasteiger partial charge in [-0.25, -0.2) is 8.42 Å². The summed E-state index contributed by atoms with van der Waals surface area (Å²) in [6.07, 6.45) is 0. The number of aryl methyl sites for hydroxylation is 2. The number of sulfonamides is 1. The first-order valence-electron chi connectivity index (χ1n) is 10.3. The molecule has 0 aliphatic rings. The maximum atomic E-state index is 13.6. The smallest absolute Gasteiger partial charge is 0.264 e. The lowest BCUT2D eigenvalue weighted by molar-refractivity contribution is -0.114. The fraction of sp³-hybridized carbons (Fsp3) is 0.240. The van der Waals surface area contributed by atoms with Crippen LogP contribution in [0.4, 0.5) is 11.4 Å². The Morgan fingerprint density at radius 2 is 1.66 bits per heavy atom. The molecule has 0 atom stereocenters. The zero-order valence-corrected chi connectivity index (χ0v) is 19.6. The summed E-state index contributed by atoms with van der Waals surface area (Å²) in [7, 11) is -2.36. The zero-order valence-electron chi connectivity index (χ0n) is 18.8. The van der Waals surface area contributed by atoms with E-state index < -0.39 is 15.9 Å². The van der Waals surface area contributed by atoms with E-state index in [2.05, 4.69) is 5.32 Å². The molecule has 168 valence electrons. The molecule has 32 heavy (non-hydrogen) atoms. The maximum absolute atomic E-state index is 13.6. The Morgan fingerprint density at radius 3 is 2.34 bits per heavy atom. The number of benzene rings is 3. The standard InChI is InChI=1S/C25H28N2O4S/c1-18-11-13-23(14-12-18)32(29,30)27(24-10-5-7-19(2)20(24)3)16-25(28)26-22-9-6-8-21(15-22)17-31-4/h5-15H,16-17H2,1-4H3,(H,26,28). The summed E-state index contributed by atoms with van der Waals surface area (Å²) >= 11 is 0. The van der Waals surface area contributed by atoms with Crippen LogP contribution in [0.25, 0.3) is 0 Å². The lowest BCUT2D eigenvalue weighted by Crippen LogP contribution is -2.38. The van der Waals surface area contributed by atoms with E-state index in [1.54, 1.807) is 55.6 Å². The largest absolute Gasteiger partial charge is 0.380 e. The van der Waals surface area contributed by atoms with Gasteiger partial charge >= 0.3 is 0 Å². The predicted octanol–water partition coefficient (Wildman–Crippen LogP) is 4.59. The molecular weight excluding hydrogens is 424 g/mol. The molecule has 3 aromatic carbocycles. The van der Waals surface area contributed by atoms with Crippen LogP contribution in [0, 0.1) is 20.8 Å². The third-order valence-corrected chi connectivity index (χ3v) is 7.04. The van der Waals surface area contributed by atoms with E-state index in [9.17, 15) is 13.2 Å². The molecule has 7 heteroatoms. The molecule has 0 saturated heterocycles. The molecule has 0 radical (unpaired) electrons. The summed E-state index contributed by atoms with van der Waals surface area (Å²) in [6, 6.07) is 19.3. The molecule has 3 rings (SSSR count). The van der Waals surface area contributed by atoms with Crippen LogP contribution in [-0.2, 0) is 26.2 Å². The molecule has 0 saturated carbocycles. The van der Waals surface area contributed by atoms with Crippen molar-refractivity contribution >= 4 is 27.3 Å². The molecule has 0 aliphatic heterocycles. The van der Waals surface area contributed by atoms with Crippen LogP contribution in [0.1, 0.15) is 22.3 Å². The van der Waals surface area contributed by atoms with Gasteiger partial charge in [0.1, 0.15) is 6.54 Å². The quantitative estimate of drug-likeness (QED) is 0.542. The van der Waals surface area contributed by atoms with Crippen molar-refractivity contribution in [3.8, 4) is 0 Å². The third-order valence-electron chi connectivity index (χ3n) is 5.26. The summed E-state index contributed by atoms with van der Waals surface area (Å²) in [5, 5.41) is 2.81. The van der Waals surface area contributed by atoms with Crippen molar-refractivity contribution in [2.24, 2.45) is 0 Å². The van der Waals surface area contributed by atoms with E-state index in [4.69, 9.17) is 4.74 Å². The fourth-order valence-electron chi connectivity index (χ4n) is 3.38. The molecule has 6 nitrogen and oxygen atoms in total. The molecule has 0 aromatic heterocycles. The van der Waals surface area contributed by atoms with E-state index in [1.165, 1.54) is 4.31 Å². The van der Waals surface area contributed by atoms with Gasteiger partial charge in [0.15, 0.2) is 0 Å². The van der Waals surface area contributed by atoms with Gasteiger partial charge in [-0.2, -0.15) is 0 Å². The zero-order chi connectivity index (χ0) is 23.3. The first-order chi connectivity index (χ1) is 15.2. The molecule has 1 amide bonds. The van der Waals surface area contributed by atoms with Crippen molar-refractivity contribution in [3.63, 3.8) is 0 Å². The molecular formula is C25H28N2O4S. The van der Waals surface area contributed by atoms with Crippen molar-refractivity contribution < 1.29 is 17.9 Å². The number of carbonyl (C=O) groups is 1. The average molecular weight is 453 g/mol. The number of anilines is 2. The lowest BCUT2D eigenvalue weighted by atomic mass is 10.1. The number of methoxy groups -OCH3 is 1. The Morgan fingerprint density at radius 1 is 0.969 bits per heavy atom. The van der Waals surface area contributed by atoms with Gasteiger partial charge in [0.2, 0.25) is 5.91 Å². The Kier molecular flexibility index (Phi) is 7.33. The second-order valence-corrected chi connectivity index (χ2v) is 9.59. The number of hydrogen-bond donors (Lipinski definition) is 1. The number of nitrogens with one attached hydrogen (secondary N) is 1. The molecule has 1 N–H and O–H groups in total. The maximum Gasteiger partial charge on any atom is 0.264 e. The minimum absolute atomic E-state index is 0.138. The Bertz CT molecular complexity index is 1200. The summed E-state index contributed by atoms with van der Waals surface area (Å²) in [4.78, 5) is 13.1. The Labute approximate surface area is 189 Å². The van der Waals surface area contributed by atoms with Gasteiger partial charge in [-0.05, 0) is 67.8 Å². The van der Waals surface area contributed by atoms with E-state index in [0.29, 0.717) is 18.0 Å². The highest BCUT2D eigenvalue weighted by molar-refractivity contribution is 7.92. The van der Waals surface area contributed by atoms with Crippen molar-refractivity contribution in [2.75, 3.05) is 23.3 Å². The minimum Gasteiger partial charge on any atom is -0.380 e. The van der Waals surface area contributed by atoms with Gasteiger partial charge in [0, 0.05) is 12.8 Å². The molecule has 0 unspecified atom stereocenters. The highest BCUT2D eigenvalue weighted by Gasteiger charge is 2.28. The van der Waals surface area contributed by atoms with Crippen molar-refractivity contribution in [1.29, 1.82) is 0 Å². The first kappa shape index (κ1) is 23.5. The molecule has 0 heterocycles. The molecule has 0 aliphatic carbocycles. The first-order valence-corrected chi connectivity index (χ1v) is 11.7. The highest BCUT2D eigenvalue weighted by Crippen LogP contribution is 2.29. The number of rotatable bonds is 8. The molecule has 0 bridgehead atoms. The number of hydrogen-bond acceptors (Lipinski definition) is 4. The van der Waals surface area contributed by atoms with Crippen LogP contribution >= 0.6 is 0 Å². The second-order valence-electron chi connectivity index (χ2n) is 7.73. The summed E-state index contributed by atoms with van der Waals surface area (Å²) in [6.45, 7) is 5.73. The van der Waals surface area contributed by atoms with E-state index in [1.807, 2.05) is 39.0 Å². The third kappa shape index (κ3) is 5.36. The summed E-state index contributed by atoms with van der Waals surface area (Å²) in [5.74, 6) is -0.434. The van der Waals surface area contributed by atoms with Crippen LogP contribution < -0.4 is 9.62 Å². The van der Waals surface area contributed by atoms with Crippen LogP contribution in [0.2, 0.25) is 0 Å². The Balaban J connectivity index is 1.96. The van der Waals surface area contributed by atoms with Gasteiger partial charge in [0.05, 0.1) is 17.2 Å². The van der Waals surface area contributed by atoms with E-state index in [-0.39, 0.29) is 11.4 Å². The van der Waals surface area contributed by atoms with Gasteiger partial charge < -0.3 is 10.1 Å². The average Bonchev–Trinajstić information content (AvgIpc) is 2.75. The van der Waals surface area contributed by atoms with E-state index >= 15 is 0 Å². The summed E-state index contributed by atoms with van der Waals surface area (Å²) in [5.41, 5.74) is 4.67. The number of nitrogens with zero attached hydrogens (tertiary/aromatic N) is 1. The van der Waals surface area contributed by atoms with Crippen LogP contribution in [0.15, 0.2) is 71.6 Å². The predicted molar refractivity (Wildman–Crippen MR) is 127 cm³/mol. The SMILES string of the molecule is COCc1cccc(NC(=O)CN(c2cccc(C)c2C)S(=O)(=O)c2ccc(C)cc2)c1. The monoisotopic (exact) mass is 452 g/mol. The minimum atomic E-state index is -3.96. The van der Waals surface area contributed by atoms with Crippen LogP contribution in [0.3, 0.4) is 0 Å². The molecule has 0 spiro atoms. The molecule has 0 fully saturated rings. The van der Waals surface area contributed by atoms with Crippen molar-refractivity contribution in [1.82, 2.24) is 0 Å². The number of amides is 1. The van der Waals surface area contributed by atoms with Gasteiger partial charge in [0.25, 0.3) is 10.0 Å². The topological polar surface area (TPSA) is 75.7 Å². The fourth-order valence-corrected chi connectivity index (χ4v) is 4.86. The van der Waals surface area contributed by atoms with Crippen molar-refractivity contribution in [2.45, 2.75) is 32.3 Å². The van der Waals surface area contributed by atoms with Gasteiger partial charge in [-0.15, -0.1) is 0 Å². The Hall–Kier alpha value is -3.16. The summed E-state index contributed by atoms with van der Waals surface area (Å²) < 4.78 is 33.4. The highest BCUT2D eigenvalue weighted by atomic mass is 32.2. The van der Waals surface area contributed by atoms with Crippen molar-refractivity contribution in [3.05, 3.63) is 89.0 Å². The van der Waals surface area contributed by atoms with E-state index in [0.717, 1.165) is 22.3 Å². The van der Waals surface area contributed by atoms with Gasteiger partial charge in [-0.3, -0.25) is 9.10 Å². The second kappa shape index (κ2) is 9.97. The number of carbonyl (C=O) groups excluding carboxylic acids is 1.